The fourth-order valence-corrected chi connectivity index (χ4v) is 2.45. The Morgan fingerprint density at radius 3 is 3.14 bits per heavy atom. The molecule has 0 radical (unpaired) electrons. The Kier molecular flexibility index (Phi) is 3.54. The van der Waals surface area contributed by atoms with Gasteiger partial charge in [-0.25, -0.2) is 9.18 Å². The van der Waals surface area contributed by atoms with Crippen LogP contribution in [0.3, 0.4) is 0 Å². The molecule has 1 fully saturated rings. The second-order valence-corrected chi connectivity index (χ2v) is 5.07. The second kappa shape index (κ2) is 5.36. The molecule has 2 N–H and O–H groups in total. The van der Waals surface area contributed by atoms with Crippen LogP contribution in [0.1, 0.15) is 6.42 Å². The molecule has 0 aliphatic carbocycles. The number of H-pyrrole nitrogens is 1. The molecule has 21 heavy (non-hydrogen) atoms. The van der Waals surface area contributed by atoms with Crippen LogP contribution in [0, 0.1) is 0 Å². The van der Waals surface area contributed by atoms with Crippen LogP contribution < -0.4 is 4.74 Å². The number of aromatic nitrogens is 3. The zero-order valence-electron chi connectivity index (χ0n) is 10.8. The highest BCUT2D eigenvalue weighted by atomic mass is 35.5. The number of hydrogen-bond acceptors (Lipinski definition) is 4. The van der Waals surface area contributed by atoms with Gasteiger partial charge in [0.15, 0.2) is 0 Å². The molecule has 0 saturated carbocycles. The van der Waals surface area contributed by atoms with Crippen LogP contribution in [0.4, 0.5) is 9.18 Å². The monoisotopic (exact) mass is 314 g/mol. The van der Waals surface area contributed by atoms with Crippen LogP contribution in [-0.2, 0) is 0 Å². The summed E-state index contributed by atoms with van der Waals surface area (Å²) in [5, 5.41) is 9.53. The molecule has 7 nitrogen and oxygen atoms in total. The molecule has 9 heteroatoms. The Morgan fingerprint density at radius 1 is 1.57 bits per heavy atom. The van der Waals surface area contributed by atoms with Gasteiger partial charge in [0.25, 0.3) is 0 Å². The van der Waals surface area contributed by atoms with E-state index in [1.807, 2.05) is 0 Å². The van der Waals surface area contributed by atoms with Gasteiger partial charge in [0, 0.05) is 19.2 Å². The molecule has 1 aliphatic heterocycles. The van der Waals surface area contributed by atoms with Gasteiger partial charge in [0.1, 0.15) is 17.9 Å². The number of aromatic amines is 1. The van der Waals surface area contributed by atoms with E-state index in [0.717, 1.165) is 4.90 Å². The lowest BCUT2D eigenvalue weighted by molar-refractivity contribution is 0.0214. The number of alkyl halides is 1. The molecule has 2 aromatic rings. The van der Waals surface area contributed by atoms with Crippen LogP contribution in [0.2, 0.25) is 5.28 Å². The third-order valence-corrected chi connectivity index (χ3v) is 3.53. The van der Waals surface area contributed by atoms with Gasteiger partial charge >= 0.3 is 6.09 Å². The van der Waals surface area contributed by atoms with E-state index in [2.05, 4.69) is 15.0 Å². The van der Waals surface area contributed by atoms with Gasteiger partial charge in [0.05, 0.1) is 11.9 Å². The molecule has 3 heterocycles. The molecule has 0 bridgehead atoms. The Morgan fingerprint density at radius 2 is 2.38 bits per heavy atom. The van der Waals surface area contributed by atoms with Gasteiger partial charge in [-0.2, -0.15) is 9.97 Å². The number of amides is 1. The third kappa shape index (κ3) is 2.71. The van der Waals surface area contributed by atoms with Crippen molar-refractivity contribution in [2.45, 2.75) is 18.7 Å². The van der Waals surface area contributed by atoms with Gasteiger partial charge in [-0.15, -0.1) is 0 Å². The summed E-state index contributed by atoms with van der Waals surface area (Å²) in [6, 6.07) is 1.69. The second-order valence-electron chi connectivity index (χ2n) is 4.73. The van der Waals surface area contributed by atoms with E-state index in [0.29, 0.717) is 11.0 Å². The van der Waals surface area contributed by atoms with Gasteiger partial charge in [-0.05, 0) is 17.7 Å². The highest BCUT2D eigenvalue weighted by Gasteiger charge is 2.33. The van der Waals surface area contributed by atoms with Crippen molar-refractivity contribution >= 4 is 28.7 Å². The van der Waals surface area contributed by atoms with E-state index in [4.69, 9.17) is 21.4 Å². The SMILES string of the molecule is O=C(O)N1CC[C@H](F)[C@H](Oc2nc(Cl)nc3[nH]ccc23)C1. The largest absolute Gasteiger partial charge is 0.469 e. The number of carbonyl (C=O) groups is 1. The van der Waals surface area contributed by atoms with Crippen molar-refractivity contribution in [3.63, 3.8) is 0 Å². The summed E-state index contributed by atoms with van der Waals surface area (Å²) in [6.45, 7) is 0.102. The summed E-state index contributed by atoms with van der Waals surface area (Å²) in [4.78, 5) is 22.9. The molecule has 2 atom stereocenters. The van der Waals surface area contributed by atoms with Crippen molar-refractivity contribution in [1.82, 2.24) is 19.9 Å². The number of nitrogens with one attached hydrogen (secondary N) is 1. The van der Waals surface area contributed by atoms with Crippen molar-refractivity contribution in [2.75, 3.05) is 13.1 Å². The molecular formula is C12H12ClFN4O3. The zero-order chi connectivity index (χ0) is 15.0. The maximum Gasteiger partial charge on any atom is 0.407 e. The lowest BCUT2D eigenvalue weighted by atomic mass is 10.1. The van der Waals surface area contributed by atoms with Gasteiger partial charge in [0.2, 0.25) is 11.2 Å². The van der Waals surface area contributed by atoms with E-state index < -0.39 is 18.4 Å². The average molecular weight is 315 g/mol. The summed E-state index contributed by atoms with van der Waals surface area (Å²) in [5.74, 6) is 0.145. The number of carboxylic acid groups (broad SMARTS) is 1. The summed E-state index contributed by atoms with van der Waals surface area (Å²) in [6.07, 6.45) is -1.54. The maximum atomic E-state index is 14.0. The lowest BCUT2D eigenvalue weighted by Gasteiger charge is -2.33. The van der Waals surface area contributed by atoms with Crippen molar-refractivity contribution in [3.8, 4) is 5.88 Å². The smallest absolute Gasteiger partial charge is 0.407 e. The molecule has 0 spiro atoms. The molecule has 0 aromatic carbocycles. The number of fused-ring (bicyclic) bond motifs is 1. The lowest BCUT2D eigenvalue weighted by Crippen LogP contribution is -2.49. The predicted octanol–water partition coefficient (Wildman–Crippen LogP) is 2.08. The van der Waals surface area contributed by atoms with Crippen molar-refractivity contribution in [2.24, 2.45) is 0 Å². The summed E-state index contributed by atoms with van der Waals surface area (Å²) < 4.78 is 19.5. The van der Waals surface area contributed by atoms with Crippen LogP contribution in [0.15, 0.2) is 12.3 Å². The first kappa shape index (κ1) is 13.9. The van der Waals surface area contributed by atoms with Crippen LogP contribution in [0.5, 0.6) is 5.88 Å². The first-order valence-corrected chi connectivity index (χ1v) is 6.71. The number of ether oxygens (including phenoxy) is 1. The summed E-state index contributed by atoms with van der Waals surface area (Å²) >= 11 is 5.79. The molecule has 112 valence electrons. The first-order chi connectivity index (χ1) is 10.0. The minimum absolute atomic E-state index is 0.0266. The van der Waals surface area contributed by atoms with E-state index in [1.54, 1.807) is 12.3 Å². The van der Waals surface area contributed by atoms with Gasteiger partial charge in [-0.1, -0.05) is 0 Å². The highest BCUT2D eigenvalue weighted by molar-refractivity contribution is 6.28. The first-order valence-electron chi connectivity index (χ1n) is 6.34. The Labute approximate surface area is 123 Å². The fourth-order valence-electron chi connectivity index (χ4n) is 2.29. The topological polar surface area (TPSA) is 91.3 Å². The van der Waals surface area contributed by atoms with Crippen molar-refractivity contribution in [1.29, 1.82) is 0 Å². The van der Waals surface area contributed by atoms with E-state index in [1.165, 1.54) is 0 Å². The zero-order valence-corrected chi connectivity index (χ0v) is 11.5. The normalized spacial score (nSPS) is 22.5. The molecule has 0 unspecified atom stereocenters. The fraction of sp³-hybridized carbons (Fsp3) is 0.417. The Balaban J connectivity index is 1.86. The van der Waals surface area contributed by atoms with Crippen LogP contribution in [0.25, 0.3) is 11.0 Å². The molecule has 3 rings (SSSR count). The predicted molar refractivity (Wildman–Crippen MR) is 72.4 cm³/mol. The van der Waals surface area contributed by atoms with Crippen molar-refractivity contribution < 1.29 is 19.0 Å². The van der Waals surface area contributed by atoms with Gasteiger partial charge in [-0.3, -0.25) is 0 Å². The van der Waals surface area contributed by atoms with Crippen molar-refractivity contribution in [3.05, 3.63) is 17.5 Å². The number of nitrogens with zero attached hydrogens (tertiary/aromatic N) is 3. The maximum absolute atomic E-state index is 14.0. The number of rotatable bonds is 2. The summed E-state index contributed by atoms with van der Waals surface area (Å²) in [7, 11) is 0. The third-order valence-electron chi connectivity index (χ3n) is 3.37. The Hall–Kier alpha value is -2.09. The molecule has 2 aromatic heterocycles. The number of hydrogen-bond donors (Lipinski definition) is 2. The molecule has 1 amide bonds. The number of halogens is 2. The minimum atomic E-state index is -1.26. The van der Waals surface area contributed by atoms with E-state index in [-0.39, 0.29) is 30.7 Å². The molecular weight excluding hydrogens is 303 g/mol. The summed E-state index contributed by atoms with van der Waals surface area (Å²) in [5.41, 5.74) is 0.478. The van der Waals surface area contributed by atoms with Crippen LogP contribution >= 0.6 is 11.6 Å². The molecule has 1 aliphatic rings. The quantitative estimate of drug-likeness (QED) is 0.828. The standard InChI is InChI=1S/C12H12ClFN4O3/c13-11-16-9-6(1-3-15-9)10(17-11)21-8-5-18(12(19)20)4-2-7(8)14/h1,3,7-8H,2,4-5H2,(H,19,20)(H,15,16,17)/t7-,8+/m0/s1. The number of likely N-dealkylation sites (tertiary alicyclic amines) is 1. The Bertz CT molecular complexity index is 680. The minimum Gasteiger partial charge on any atom is -0.469 e. The average Bonchev–Trinajstić information content (AvgIpc) is 2.89. The van der Waals surface area contributed by atoms with Gasteiger partial charge < -0.3 is 19.7 Å². The van der Waals surface area contributed by atoms with Crippen LogP contribution in [-0.4, -0.2) is 56.4 Å². The molecule has 1 saturated heterocycles. The number of piperidine rings is 1. The van der Waals surface area contributed by atoms with E-state index >= 15 is 0 Å². The highest BCUT2D eigenvalue weighted by Crippen LogP contribution is 2.27. The van der Waals surface area contributed by atoms with E-state index in [9.17, 15) is 9.18 Å².